The van der Waals surface area contributed by atoms with Crippen molar-refractivity contribution in [2.24, 2.45) is 0 Å². The summed E-state index contributed by atoms with van der Waals surface area (Å²) >= 11 is 34.5. The van der Waals surface area contributed by atoms with Crippen molar-refractivity contribution in [2.75, 3.05) is 5.88 Å². The Morgan fingerprint density at radius 2 is 1.47 bits per heavy atom. The van der Waals surface area contributed by atoms with E-state index < -0.39 is 9.39 Å². The topological polar surface area (TPSA) is 20.2 Å². The molecule has 0 saturated heterocycles. The summed E-state index contributed by atoms with van der Waals surface area (Å²) in [6.07, 6.45) is -0.162. The molecule has 0 radical (unpaired) electrons. The quantitative estimate of drug-likeness (QED) is 0.740. The molecule has 1 aromatic carbocycles. The molecule has 0 spiro atoms. The molecule has 0 heterocycles. The van der Waals surface area contributed by atoms with E-state index in [1.54, 1.807) is 0 Å². The molecule has 7 heteroatoms. The molecule has 0 saturated carbocycles. The van der Waals surface area contributed by atoms with Gasteiger partial charge < -0.3 is 5.11 Å². The van der Waals surface area contributed by atoms with Gasteiger partial charge in [-0.2, -0.15) is 0 Å². The molecule has 1 rings (SSSR count). The maximum absolute atomic E-state index is 10.4. The Kier molecular flexibility index (Phi) is 5.56. The fourth-order valence-corrected chi connectivity index (χ4v) is 2.82. The van der Waals surface area contributed by atoms with Gasteiger partial charge >= 0.3 is 0 Å². The normalized spacial score (nSPS) is 15.7. The van der Waals surface area contributed by atoms with Gasteiger partial charge in [0.15, 0.2) is 3.79 Å². The molecule has 0 amide bonds. The fraction of sp³-hybridized carbons (Fsp3) is 0.400. The van der Waals surface area contributed by atoms with Gasteiger partial charge in [0.05, 0.1) is 5.88 Å². The van der Waals surface area contributed by atoms with E-state index in [0.29, 0.717) is 15.6 Å². The van der Waals surface area contributed by atoms with Crippen molar-refractivity contribution >= 4 is 69.6 Å². The van der Waals surface area contributed by atoms with Gasteiger partial charge in [0.25, 0.3) is 0 Å². The molecule has 96 valence electrons. The van der Waals surface area contributed by atoms with E-state index in [9.17, 15) is 5.11 Å². The maximum atomic E-state index is 10.4. The zero-order valence-electron chi connectivity index (χ0n) is 8.36. The number of hydrogen-bond acceptors (Lipinski definition) is 1. The lowest BCUT2D eigenvalue weighted by Gasteiger charge is -2.29. The van der Waals surface area contributed by atoms with E-state index >= 15 is 0 Å². The third-order valence-electron chi connectivity index (χ3n) is 2.11. The third-order valence-corrected chi connectivity index (χ3v) is 3.39. The van der Waals surface area contributed by atoms with Gasteiger partial charge in [0, 0.05) is 16.5 Å². The van der Waals surface area contributed by atoms with Crippen LogP contribution in [0.1, 0.15) is 12.0 Å². The Hall–Kier alpha value is 0.920. The number of rotatable bonds is 3. The van der Waals surface area contributed by atoms with Crippen LogP contribution in [-0.4, -0.2) is 14.8 Å². The van der Waals surface area contributed by atoms with Gasteiger partial charge in [-0.15, -0.1) is 11.6 Å². The number of benzene rings is 1. The van der Waals surface area contributed by atoms with Crippen molar-refractivity contribution in [1.29, 1.82) is 0 Å². The summed E-state index contributed by atoms with van der Waals surface area (Å²) in [6, 6.07) is 4.61. The highest BCUT2D eigenvalue weighted by Gasteiger charge is 2.37. The zero-order valence-corrected chi connectivity index (χ0v) is 12.9. The Morgan fingerprint density at radius 3 is 1.82 bits per heavy atom. The molecule has 1 aromatic rings. The summed E-state index contributed by atoms with van der Waals surface area (Å²) < 4.78 is -1.63. The van der Waals surface area contributed by atoms with E-state index in [4.69, 9.17) is 69.6 Å². The van der Waals surface area contributed by atoms with Crippen LogP contribution in [0, 0.1) is 0 Å². The van der Waals surface area contributed by atoms with Crippen molar-refractivity contribution in [2.45, 2.75) is 15.8 Å². The number of alkyl halides is 4. The fourth-order valence-electron chi connectivity index (χ4n) is 1.38. The number of aliphatic hydroxyl groups is 1. The molecule has 0 aliphatic carbocycles. The summed E-state index contributed by atoms with van der Waals surface area (Å²) in [5, 5.41) is 11.1. The molecule has 0 aliphatic rings. The van der Waals surface area contributed by atoms with Gasteiger partial charge in [0.2, 0.25) is 0 Å². The molecular weight excluding hydrogens is 349 g/mol. The first-order chi connectivity index (χ1) is 7.66. The summed E-state index contributed by atoms with van der Waals surface area (Å²) in [6.45, 7) is 0. The molecule has 0 aromatic heterocycles. The van der Waals surface area contributed by atoms with Crippen molar-refractivity contribution in [3.05, 3.63) is 33.8 Å². The third kappa shape index (κ3) is 4.83. The summed E-state index contributed by atoms with van der Waals surface area (Å²) in [7, 11) is 0. The molecule has 1 N–H and O–H groups in total. The second-order valence-corrected chi connectivity index (χ2v) is 7.27. The average Bonchev–Trinajstić information content (AvgIpc) is 2.13. The van der Waals surface area contributed by atoms with Crippen LogP contribution < -0.4 is 0 Å². The predicted molar refractivity (Wildman–Crippen MR) is 76.0 cm³/mol. The minimum Gasteiger partial charge on any atom is -0.384 e. The molecule has 17 heavy (non-hydrogen) atoms. The molecular formula is C10H8Cl6O. The van der Waals surface area contributed by atoms with E-state index in [1.165, 1.54) is 18.2 Å². The van der Waals surface area contributed by atoms with E-state index in [0.717, 1.165) is 0 Å². The predicted octanol–water partition coefficient (Wildman–Crippen LogP) is 5.18. The van der Waals surface area contributed by atoms with Crippen LogP contribution in [0.3, 0.4) is 0 Å². The van der Waals surface area contributed by atoms with Crippen LogP contribution in [0.25, 0.3) is 0 Å². The van der Waals surface area contributed by atoms with Crippen molar-refractivity contribution in [3.8, 4) is 0 Å². The first-order valence-corrected chi connectivity index (χ1v) is 6.90. The van der Waals surface area contributed by atoms with Gasteiger partial charge in [-0.3, -0.25) is 0 Å². The van der Waals surface area contributed by atoms with Crippen LogP contribution >= 0.6 is 69.6 Å². The standard InChI is InChI=1S/C10H8Cl6O/c11-5-9(17,4-10(14,15)16)6-1-7(12)3-8(13)2-6/h1-3,17H,4-5H2. The highest BCUT2D eigenvalue weighted by Crippen LogP contribution is 2.41. The maximum Gasteiger partial charge on any atom is 0.193 e. The zero-order chi connectivity index (χ0) is 13.3. The molecule has 0 bridgehead atoms. The van der Waals surface area contributed by atoms with Crippen LogP contribution in [-0.2, 0) is 5.60 Å². The lowest BCUT2D eigenvalue weighted by Crippen LogP contribution is -2.32. The largest absolute Gasteiger partial charge is 0.384 e. The van der Waals surface area contributed by atoms with Crippen molar-refractivity contribution in [3.63, 3.8) is 0 Å². The number of halogens is 6. The minimum absolute atomic E-state index is 0.141. The highest BCUT2D eigenvalue weighted by atomic mass is 35.6. The van der Waals surface area contributed by atoms with Crippen molar-refractivity contribution < 1.29 is 5.11 Å². The highest BCUT2D eigenvalue weighted by molar-refractivity contribution is 6.67. The summed E-state index contributed by atoms with van der Waals surface area (Å²) in [5.41, 5.74) is -1.09. The molecule has 1 atom stereocenters. The van der Waals surface area contributed by atoms with E-state index in [2.05, 4.69) is 0 Å². The lowest BCUT2D eigenvalue weighted by molar-refractivity contribution is 0.0529. The SMILES string of the molecule is OC(CCl)(CC(Cl)(Cl)Cl)c1cc(Cl)cc(Cl)c1. The Labute approximate surface area is 130 Å². The lowest BCUT2D eigenvalue weighted by atomic mass is 9.93. The second-order valence-electron chi connectivity index (χ2n) is 3.62. The van der Waals surface area contributed by atoms with Crippen LogP contribution in [0.4, 0.5) is 0 Å². The Morgan fingerprint density at radius 1 is 1.00 bits per heavy atom. The van der Waals surface area contributed by atoms with Crippen LogP contribution in [0.15, 0.2) is 18.2 Å². The first-order valence-electron chi connectivity index (χ1n) is 4.48. The molecule has 0 fully saturated rings. The summed E-state index contributed by atoms with van der Waals surface area (Å²) in [4.78, 5) is 0. The molecule has 1 nitrogen and oxygen atoms in total. The van der Waals surface area contributed by atoms with Gasteiger partial charge in [-0.1, -0.05) is 58.0 Å². The van der Waals surface area contributed by atoms with Crippen LogP contribution in [0.5, 0.6) is 0 Å². The van der Waals surface area contributed by atoms with E-state index in [1.807, 2.05) is 0 Å². The smallest absolute Gasteiger partial charge is 0.193 e. The Balaban J connectivity index is 3.15. The van der Waals surface area contributed by atoms with Crippen molar-refractivity contribution in [1.82, 2.24) is 0 Å². The minimum atomic E-state index is -1.63. The first kappa shape index (κ1) is 16.0. The Bertz CT molecular complexity index is 382. The monoisotopic (exact) mass is 354 g/mol. The van der Waals surface area contributed by atoms with Gasteiger partial charge in [0.1, 0.15) is 5.60 Å². The van der Waals surface area contributed by atoms with Gasteiger partial charge in [-0.25, -0.2) is 0 Å². The molecule has 1 unspecified atom stereocenters. The summed E-state index contributed by atoms with van der Waals surface area (Å²) in [5.74, 6) is -0.141. The van der Waals surface area contributed by atoms with Gasteiger partial charge in [-0.05, 0) is 23.8 Å². The molecule has 0 aliphatic heterocycles. The average molecular weight is 357 g/mol. The van der Waals surface area contributed by atoms with Crippen LogP contribution in [0.2, 0.25) is 10.0 Å². The number of hydrogen-bond donors (Lipinski definition) is 1. The van der Waals surface area contributed by atoms with E-state index in [-0.39, 0.29) is 12.3 Å². The second kappa shape index (κ2) is 5.92.